The maximum atomic E-state index is 13.8. The van der Waals surface area contributed by atoms with Gasteiger partial charge in [0, 0.05) is 43.5 Å². The van der Waals surface area contributed by atoms with Crippen molar-refractivity contribution in [2.45, 2.75) is 19.3 Å². The zero-order chi connectivity index (χ0) is 25.1. The van der Waals surface area contributed by atoms with Gasteiger partial charge in [-0.15, -0.1) is 0 Å². The predicted molar refractivity (Wildman–Crippen MR) is 138 cm³/mol. The number of hydrogen-bond acceptors (Lipinski definition) is 8. The Balaban J connectivity index is 1.71. The molecule has 0 bridgehead atoms. The minimum atomic E-state index is -0.467. The van der Waals surface area contributed by atoms with Crippen LogP contribution < -0.4 is 20.1 Å². The summed E-state index contributed by atoms with van der Waals surface area (Å²) < 4.78 is 12.0. The van der Waals surface area contributed by atoms with E-state index in [2.05, 4.69) is 14.9 Å². The summed E-state index contributed by atoms with van der Waals surface area (Å²) in [5.41, 5.74) is 2.19. The zero-order valence-electron chi connectivity index (χ0n) is 20.3. The molecule has 0 saturated carbocycles. The molecule has 188 valence electrons. The van der Waals surface area contributed by atoms with Crippen molar-refractivity contribution in [1.82, 2.24) is 9.78 Å². The molecule has 10 nitrogen and oxygen atoms in total. The second-order valence-corrected chi connectivity index (χ2v) is 8.94. The van der Waals surface area contributed by atoms with E-state index in [-0.39, 0.29) is 16.9 Å². The lowest BCUT2D eigenvalue weighted by molar-refractivity contribution is -0.384. The third-order valence-electron chi connectivity index (χ3n) is 6.72. The number of ether oxygens (including phenoxy) is 2. The van der Waals surface area contributed by atoms with Gasteiger partial charge in [-0.3, -0.25) is 14.9 Å². The van der Waals surface area contributed by atoms with Crippen molar-refractivity contribution in [2.75, 3.05) is 56.3 Å². The van der Waals surface area contributed by atoms with Crippen molar-refractivity contribution >= 4 is 17.1 Å². The van der Waals surface area contributed by atoms with E-state index < -0.39 is 4.92 Å². The monoisotopic (exact) mass is 491 g/mol. The molecule has 0 unspecified atom stereocenters. The molecule has 2 fully saturated rings. The highest BCUT2D eigenvalue weighted by Gasteiger charge is 2.25. The summed E-state index contributed by atoms with van der Waals surface area (Å²) in [5.74, 6) is 0.659. The molecule has 0 amide bonds. The molecule has 2 aliphatic heterocycles. The molecule has 10 heteroatoms. The van der Waals surface area contributed by atoms with E-state index in [4.69, 9.17) is 9.47 Å². The molecule has 2 aromatic carbocycles. The Bertz CT molecular complexity index is 1310. The van der Waals surface area contributed by atoms with E-state index >= 15 is 0 Å². The van der Waals surface area contributed by atoms with Gasteiger partial charge in [0.15, 0.2) is 0 Å². The number of piperidine rings is 1. The predicted octanol–water partition coefficient (Wildman–Crippen LogP) is 3.64. The molecule has 3 heterocycles. The van der Waals surface area contributed by atoms with Crippen molar-refractivity contribution in [3.63, 3.8) is 0 Å². The molecule has 2 saturated heterocycles. The van der Waals surface area contributed by atoms with Crippen molar-refractivity contribution in [1.29, 1.82) is 0 Å². The highest BCUT2D eigenvalue weighted by atomic mass is 16.6. The third kappa shape index (κ3) is 4.76. The third-order valence-corrected chi connectivity index (χ3v) is 6.72. The molecule has 36 heavy (non-hydrogen) atoms. The number of aromatic nitrogens is 2. The van der Waals surface area contributed by atoms with Gasteiger partial charge in [-0.2, -0.15) is 9.78 Å². The van der Waals surface area contributed by atoms with Gasteiger partial charge < -0.3 is 19.3 Å². The van der Waals surface area contributed by atoms with Crippen LogP contribution >= 0.6 is 0 Å². The van der Waals surface area contributed by atoms with Gasteiger partial charge in [0.05, 0.1) is 30.9 Å². The van der Waals surface area contributed by atoms with Gasteiger partial charge >= 0.3 is 0 Å². The first-order valence-corrected chi connectivity index (χ1v) is 12.2. The van der Waals surface area contributed by atoms with Crippen molar-refractivity contribution in [3.05, 3.63) is 69.0 Å². The number of anilines is 2. The maximum Gasteiger partial charge on any atom is 0.295 e. The summed E-state index contributed by atoms with van der Waals surface area (Å²) in [4.78, 5) is 29.5. The van der Waals surface area contributed by atoms with Crippen LogP contribution in [0.5, 0.6) is 5.75 Å². The van der Waals surface area contributed by atoms with E-state index in [9.17, 15) is 14.9 Å². The number of benzene rings is 2. The van der Waals surface area contributed by atoms with E-state index in [1.54, 1.807) is 25.3 Å². The van der Waals surface area contributed by atoms with Crippen molar-refractivity contribution < 1.29 is 14.4 Å². The summed E-state index contributed by atoms with van der Waals surface area (Å²) in [7, 11) is 1.59. The van der Waals surface area contributed by atoms with Crippen molar-refractivity contribution in [2.24, 2.45) is 0 Å². The highest BCUT2D eigenvalue weighted by molar-refractivity contribution is 5.68. The van der Waals surface area contributed by atoms with Crippen LogP contribution in [-0.4, -0.2) is 61.2 Å². The Labute approximate surface area is 208 Å². The lowest BCUT2D eigenvalue weighted by Gasteiger charge is -2.29. The first kappa shape index (κ1) is 23.8. The molecule has 0 atom stereocenters. The summed E-state index contributed by atoms with van der Waals surface area (Å²) in [6.45, 7) is 4.01. The Morgan fingerprint density at radius 3 is 2.44 bits per heavy atom. The number of methoxy groups -OCH3 is 1. The van der Waals surface area contributed by atoms with Crippen LogP contribution in [0, 0.1) is 10.1 Å². The van der Waals surface area contributed by atoms with Gasteiger partial charge in [-0.25, -0.2) is 0 Å². The highest BCUT2D eigenvalue weighted by Crippen LogP contribution is 2.30. The van der Waals surface area contributed by atoms with Crippen LogP contribution in [0.25, 0.3) is 16.9 Å². The average Bonchev–Trinajstić information content (AvgIpc) is 2.94. The standard InChI is InChI=1S/C26H29N5O5/c1-35-21-7-5-6-19(16-21)22-18-25(29-10-3-2-4-11-29)26(32)30(27-22)24-17-20(8-9-23(24)31(33)34)28-12-14-36-15-13-28/h5-9,16-18H,2-4,10-15H2,1H3. The Kier molecular flexibility index (Phi) is 6.86. The fourth-order valence-electron chi connectivity index (χ4n) is 4.78. The molecule has 5 rings (SSSR count). The van der Waals surface area contributed by atoms with Crippen molar-refractivity contribution in [3.8, 4) is 22.7 Å². The molecular formula is C26H29N5O5. The molecule has 0 spiro atoms. The number of nitrogens with zero attached hydrogens (tertiary/aromatic N) is 5. The normalized spacial score (nSPS) is 16.1. The number of nitro groups is 1. The topological polar surface area (TPSA) is 103 Å². The minimum absolute atomic E-state index is 0.150. The van der Waals surface area contributed by atoms with E-state index in [0.29, 0.717) is 43.4 Å². The van der Waals surface area contributed by atoms with E-state index in [0.717, 1.165) is 43.6 Å². The largest absolute Gasteiger partial charge is 0.497 e. The fraction of sp³-hybridized carbons (Fsp3) is 0.385. The summed E-state index contributed by atoms with van der Waals surface area (Å²) in [6.07, 6.45) is 3.09. The molecule has 1 aromatic heterocycles. The average molecular weight is 492 g/mol. The molecule has 0 radical (unpaired) electrons. The Hall–Kier alpha value is -3.92. The second-order valence-electron chi connectivity index (χ2n) is 8.94. The fourth-order valence-corrected chi connectivity index (χ4v) is 4.78. The number of hydrogen-bond donors (Lipinski definition) is 0. The number of rotatable bonds is 6. The SMILES string of the molecule is COc1cccc(-c2cc(N3CCCCC3)c(=O)n(-c3cc(N4CCOCC4)ccc3[N+](=O)[O-])n2)c1. The second kappa shape index (κ2) is 10.4. The van der Waals surface area contributed by atoms with Gasteiger partial charge in [0.2, 0.25) is 0 Å². The maximum absolute atomic E-state index is 13.8. The molecule has 0 N–H and O–H groups in total. The van der Waals surface area contributed by atoms with Gasteiger partial charge in [0.25, 0.3) is 11.2 Å². The lowest BCUT2D eigenvalue weighted by Crippen LogP contribution is -2.37. The van der Waals surface area contributed by atoms with Crippen LogP contribution in [0.2, 0.25) is 0 Å². The van der Waals surface area contributed by atoms with Crippen LogP contribution in [0.1, 0.15) is 19.3 Å². The van der Waals surface area contributed by atoms with Crippen LogP contribution in [0.4, 0.5) is 17.1 Å². The molecule has 0 aliphatic carbocycles. The van der Waals surface area contributed by atoms with Crippen LogP contribution in [0.3, 0.4) is 0 Å². The molecule has 2 aliphatic rings. The molecular weight excluding hydrogens is 462 g/mol. The lowest BCUT2D eigenvalue weighted by atomic mass is 10.1. The zero-order valence-corrected chi connectivity index (χ0v) is 20.3. The summed E-state index contributed by atoms with van der Waals surface area (Å²) >= 11 is 0. The molecule has 3 aromatic rings. The quantitative estimate of drug-likeness (QED) is 0.380. The Morgan fingerprint density at radius 1 is 0.944 bits per heavy atom. The van der Waals surface area contributed by atoms with E-state index in [1.165, 1.54) is 10.7 Å². The van der Waals surface area contributed by atoms with Crippen LogP contribution in [0.15, 0.2) is 53.3 Å². The first-order chi connectivity index (χ1) is 17.5. The number of nitro benzene ring substituents is 1. The summed E-state index contributed by atoms with van der Waals surface area (Å²) in [6, 6.07) is 14.1. The Morgan fingerprint density at radius 2 is 1.72 bits per heavy atom. The smallest absolute Gasteiger partial charge is 0.295 e. The summed E-state index contributed by atoms with van der Waals surface area (Å²) in [5, 5.41) is 16.7. The number of morpholine rings is 1. The van der Waals surface area contributed by atoms with Gasteiger partial charge in [-0.05, 0) is 49.6 Å². The van der Waals surface area contributed by atoms with Crippen LogP contribution in [-0.2, 0) is 4.74 Å². The van der Waals surface area contributed by atoms with Gasteiger partial charge in [-0.1, -0.05) is 12.1 Å². The first-order valence-electron chi connectivity index (χ1n) is 12.2. The minimum Gasteiger partial charge on any atom is -0.497 e. The van der Waals surface area contributed by atoms with Gasteiger partial charge in [0.1, 0.15) is 17.1 Å². The van der Waals surface area contributed by atoms with E-state index in [1.807, 2.05) is 24.3 Å².